The molecular weight excluding hydrogens is 188 g/mol. The molecule has 2 heterocycles. The molecule has 0 radical (unpaired) electrons. The molecule has 0 bridgehead atoms. The van der Waals surface area contributed by atoms with Gasteiger partial charge in [0.15, 0.2) is 0 Å². The van der Waals surface area contributed by atoms with Crippen molar-refractivity contribution in [2.45, 2.75) is 32.3 Å². The standard InChI is InChI=1S/C12H18N2O/c1-10-4-3-7-13-11(10)14-8-5-12(2,15)6-9-14/h3-4,7,15H,5-6,8-9H2,1-2H3. The van der Waals surface area contributed by atoms with Crippen LogP contribution in [0.5, 0.6) is 0 Å². The zero-order chi connectivity index (χ0) is 10.9. The van der Waals surface area contributed by atoms with E-state index in [1.54, 1.807) is 0 Å². The van der Waals surface area contributed by atoms with Crippen LogP contribution in [0, 0.1) is 6.92 Å². The number of rotatable bonds is 1. The number of hydrogen-bond acceptors (Lipinski definition) is 3. The van der Waals surface area contributed by atoms with Crippen LogP contribution in [0.2, 0.25) is 0 Å². The van der Waals surface area contributed by atoms with E-state index in [4.69, 9.17) is 0 Å². The third-order valence-corrected chi connectivity index (χ3v) is 3.12. The van der Waals surface area contributed by atoms with E-state index in [1.807, 2.05) is 19.2 Å². The fraction of sp³-hybridized carbons (Fsp3) is 0.583. The van der Waals surface area contributed by atoms with Crippen molar-refractivity contribution >= 4 is 5.82 Å². The minimum Gasteiger partial charge on any atom is -0.390 e. The number of aryl methyl sites for hydroxylation is 1. The summed E-state index contributed by atoms with van der Waals surface area (Å²) < 4.78 is 0. The summed E-state index contributed by atoms with van der Waals surface area (Å²) in [5.41, 5.74) is 0.721. The van der Waals surface area contributed by atoms with Crippen molar-refractivity contribution in [3.8, 4) is 0 Å². The Balaban J connectivity index is 2.11. The maximum atomic E-state index is 9.86. The molecule has 1 aromatic rings. The molecule has 3 heteroatoms. The Labute approximate surface area is 90.8 Å². The SMILES string of the molecule is Cc1cccnc1N1CCC(C)(O)CC1. The van der Waals surface area contributed by atoms with Crippen molar-refractivity contribution < 1.29 is 5.11 Å². The van der Waals surface area contributed by atoms with Crippen LogP contribution in [0.25, 0.3) is 0 Å². The molecule has 1 aliphatic rings. The summed E-state index contributed by atoms with van der Waals surface area (Å²) >= 11 is 0. The van der Waals surface area contributed by atoms with Crippen LogP contribution in [0.4, 0.5) is 5.82 Å². The number of hydrogen-bond donors (Lipinski definition) is 1. The van der Waals surface area contributed by atoms with Crippen molar-refractivity contribution in [3.05, 3.63) is 23.9 Å². The van der Waals surface area contributed by atoms with Gasteiger partial charge in [0.1, 0.15) is 5.82 Å². The molecular formula is C12H18N2O. The van der Waals surface area contributed by atoms with E-state index >= 15 is 0 Å². The molecule has 1 aromatic heterocycles. The molecule has 3 nitrogen and oxygen atoms in total. The Kier molecular flexibility index (Phi) is 2.65. The topological polar surface area (TPSA) is 36.4 Å². The molecule has 1 aliphatic heterocycles. The van der Waals surface area contributed by atoms with Gasteiger partial charge in [0.2, 0.25) is 0 Å². The van der Waals surface area contributed by atoms with E-state index in [2.05, 4.69) is 22.9 Å². The molecule has 82 valence electrons. The van der Waals surface area contributed by atoms with E-state index in [0.717, 1.165) is 31.7 Å². The number of nitrogens with zero attached hydrogens (tertiary/aromatic N) is 2. The van der Waals surface area contributed by atoms with E-state index in [9.17, 15) is 5.11 Å². The number of anilines is 1. The van der Waals surface area contributed by atoms with Gasteiger partial charge in [-0.1, -0.05) is 6.07 Å². The van der Waals surface area contributed by atoms with Crippen LogP contribution in [0.3, 0.4) is 0 Å². The van der Waals surface area contributed by atoms with Gasteiger partial charge in [0, 0.05) is 19.3 Å². The van der Waals surface area contributed by atoms with Crippen LogP contribution in [-0.4, -0.2) is 28.8 Å². The zero-order valence-electron chi connectivity index (χ0n) is 9.40. The monoisotopic (exact) mass is 206 g/mol. The summed E-state index contributed by atoms with van der Waals surface area (Å²) in [5, 5.41) is 9.86. The van der Waals surface area contributed by atoms with Gasteiger partial charge in [-0.05, 0) is 38.3 Å². The van der Waals surface area contributed by atoms with E-state index in [1.165, 1.54) is 5.56 Å². The van der Waals surface area contributed by atoms with Crippen molar-refractivity contribution in [2.24, 2.45) is 0 Å². The molecule has 0 spiro atoms. The molecule has 0 amide bonds. The van der Waals surface area contributed by atoms with Crippen LogP contribution >= 0.6 is 0 Å². The summed E-state index contributed by atoms with van der Waals surface area (Å²) in [6.07, 6.45) is 3.47. The van der Waals surface area contributed by atoms with Crippen LogP contribution in [-0.2, 0) is 0 Å². The zero-order valence-corrected chi connectivity index (χ0v) is 9.40. The van der Waals surface area contributed by atoms with Gasteiger partial charge < -0.3 is 10.0 Å². The largest absolute Gasteiger partial charge is 0.390 e. The molecule has 0 unspecified atom stereocenters. The van der Waals surface area contributed by atoms with Crippen LogP contribution in [0.1, 0.15) is 25.3 Å². The van der Waals surface area contributed by atoms with Crippen molar-refractivity contribution in [3.63, 3.8) is 0 Å². The van der Waals surface area contributed by atoms with Crippen molar-refractivity contribution in [1.82, 2.24) is 4.98 Å². The molecule has 2 rings (SSSR count). The summed E-state index contributed by atoms with van der Waals surface area (Å²) in [4.78, 5) is 6.65. The van der Waals surface area contributed by atoms with Crippen LogP contribution in [0.15, 0.2) is 18.3 Å². The molecule has 1 N–H and O–H groups in total. The Morgan fingerprint density at radius 3 is 2.67 bits per heavy atom. The Morgan fingerprint density at radius 2 is 2.07 bits per heavy atom. The summed E-state index contributed by atoms with van der Waals surface area (Å²) in [6.45, 7) is 5.78. The highest BCUT2D eigenvalue weighted by Gasteiger charge is 2.28. The smallest absolute Gasteiger partial charge is 0.131 e. The lowest BCUT2D eigenvalue weighted by Crippen LogP contribution is -2.43. The van der Waals surface area contributed by atoms with Gasteiger partial charge in [-0.15, -0.1) is 0 Å². The summed E-state index contributed by atoms with van der Waals surface area (Å²) in [6, 6.07) is 4.04. The second-order valence-corrected chi connectivity index (χ2v) is 4.63. The Bertz CT molecular complexity index is 339. The van der Waals surface area contributed by atoms with Crippen molar-refractivity contribution in [1.29, 1.82) is 0 Å². The molecule has 0 atom stereocenters. The first kappa shape index (κ1) is 10.4. The predicted molar refractivity (Wildman–Crippen MR) is 61.0 cm³/mol. The van der Waals surface area contributed by atoms with E-state index in [-0.39, 0.29) is 0 Å². The fourth-order valence-corrected chi connectivity index (χ4v) is 2.01. The van der Waals surface area contributed by atoms with E-state index < -0.39 is 5.60 Å². The van der Waals surface area contributed by atoms with Gasteiger partial charge >= 0.3 is 0 Å². The molecule has 0 aliphatic carbocycles. The summed E-state index contributed by atoms with van der Waals surface area (Å²) in [5.74, 6) is 1.06. The lowest BCUT2D eigenvalue weighted by molar-refractivity contribution is 0.0350. The molecule has 15 heavy (non-hydrogen) atoms. The highest BCUT2D eigenvalue weighted by atomic mass is 16.3. The number of piperidine rings is 1. The third kappa shape index (κ3) is 2.29. The lowest BCUT2D eigenvalue weighted by atomic mass is 9.94. The molecule has 1 saturated heterocycles. The first-order valence-corrected chi connectivity index (χ1v) is 5.47. The molecule has 1 fully saturated rings. The Hall–Kier alpha value is -1.09. The summed E-state index contributed by atoms with van der Waals surface area (Å²) in [7, 11) is 0. The molecule has 0 saturated carbocycles. The third-order valence-electron chi connectivity index (χ3n) is 3.12. The minimum absolute atomic E-state index is 0.487. The van der Waals surface area contributed by atoms with Crippen molar-refractivity contribution in [2.75, 3.05) is 18.0 Å². The first-order chi connectivity index (χ1) is 7.08. The highest BCUT2D eigenvalue weighted by Crippen LogP contribution is 2.26. The first-order valence-electron chi connectivity index (χ1n) is 5.47. The van der Waals surface area contributed by atoms with Gasteiger partial charge in [-0.2, -0.15) is 0 Å². The number of aliphatic hydroxyl groups is 1. The maximum Gasteiger partial charge on any atom is 0.131 e. The van der Waals surface area contributed by atoms with Crippen LogP contribution < -0.4 is 4.90 Å². The fourth-order valence-electron chi connectivity index (χ4n) is 2.01. The number of pyridine rings is 1. The van der Waals surface area contributed by atoms with Gasteiger partial charge in [0.05, 0.1) is 5.60 Å². The minimum atomic E-state index is -0.487. The average Bonchev–Trinajstić information content (AvgIpc) is 2.19. The van der Waals surface area contributed by atoms with Gasteiger partial charge in [0.25, 0.3) is 0 Å². The second-order valence-electron chi connectivity index (χ2n) is 4.63. The quantitative estimate of drug-likeness (QED) is 0.760. The molecule has 0 aromatic carbocycles. The highest BCUT2D eigenvalue weighted by molar-refractivity contribution is 5.46. The number of aromatic nitrogens is 1. The van der Waals surface area contributed by atoms with E-state index in [0.29, 0.717) is 0 Å². The predicted octanol–water partition coefficient (Wildman–Crippen LogP) is 1.74. The van der Waals surface area contributed by atoms with Gasteiger partial charge in [-0.3, -0.25) is 0 Å². The normalized spacial score (nSPS) is 20.3. The maximum absolute atomic E-state index is 9.86. The second kappa shape index (κ2) is 3.81. The average molecular weight is 206 g/mol. The van der Waals surface area contributed by atoms with Gasteiger partial charge in [-0.25, -0.2) is 4.98 Å². The lowest BCUT2D eigenvalue weighted by Gasteiger charge is -2.36. The Morgan fingerprint density at radius 1 is 1.40 bits per heavy atom.